The van der Waals surface area contributed by atoms with Crippen LogP contribution in [-0.4, -0.2) is 25.3 Å². The minimum Gasteiger partial charge on any atom is -0.371 e. The predicted molar refractivity (Wildman–Crippen MR) is 97.3 cm³/mol. The molecule has 0 aliphatic carbocycles. The molecule has 3 rings (SSSR count). The van der Waals surface area contributed by atoms with Gasteiger partial charge in [-0.15, -0.1) is 5.10 Å². The first-order chi connectivity index (χ1) is 10.7. The molecule has 2 heterocycles. The molecule has 0 saturated heterocycles. The second-order valence-electron chi connectivity index (χ2n) is 7.99. The normalized spacial score (nSPS) is 21.1. The zero-order valence-corrected chi connectivity index (χ0v) is 14.6. The molecule has 0 spiro atoms. The first kappa shape index (κ1) is 15.8. The van der Waals surface area contributed by atoms with Gasteiger partial charge >= 0.3 is 0 Å². The first-order valence-corrected chi connectivity index (χ1v) is 8.27. The van der Waals surface area contributed by atoms with Gasteiger partial charge in [0.05, 0.1) is 6.21 Å². The molecule has 0 aromatic heterocycles. The average molecular weight is 313 g/mol. The van der Waals surface area contributed by atoms with Gasteiger partial charge in [0.15, 0.2) is 0 Å². The van der Waals surface area contributed by atoms with Crippen LogP contribution in [0.4, 0.5) is 5.69 Å². The predicted octanol–water partition coefficient (Wildman–Crippen LogP) is 2.46. The standard InChI is InChI=1S/C18H27N5/c1-17(2)5-7-23-8-6-18(3,4)14-10-12(9-13(17)15(14)23)11-21-22-16(19)20/h9-11H,5-8H2,1-4H3,(H4,19,20,22). The van der Waals surface area contributed by atoms with Crippen LogP contribution in [0.15, 0.2) is 22.3 Å². The Balaban J connectivity index is 2.17. The van der Waals surface area contributed by atoms with Crippen molar-refractivity contribution in [2.24, 2.45) is 21.7 Å². The van der Waals surface area contributed by atoms with Gasteiger partial charge in [-0.1, -0.05) is 27.7 Å². The maximum atomic E-state index is 5.34. The zero-order chi connectivity index (χ0) is 16.8. The molecular weight excluding hydrogens is 286 g/mol. The molecule has 1 aromatic carbocycles. The number of rotatable bonds is 2. The molecule has 5 nitrogen and oxygen atoms in total. The van der Waals surface area contributed by atoms with Crippen molar-refractivity contribution in [2.45, 2.75) is 51.4 Å². The molecule has 0 saturated carbocycles. The third-order valence-electron chi connectivity index (χ3n) is 5.30. The first-order valence-electron chi connectivity index (χ1n) is 8.27. The third-order valence-corrected chi connectivity index (χ3v) is 5.30. The number of nitrogens with two attached hydrogens (primary N) is 2. The van der Waals surface area contributed by atoms with Gasteiger partial charge in [0.1, 0.15) is 0 Å². The fraction of sp³-hybridized carbons (Fsp3) is 0.556. The Hall–Kier alpha value is -2.04. The third kappa shape index (κ3) is 2.80. The quantitative estimate of drug-likeness (QED) is 0.500. The highest BCUT2D eigenvalue weighted by atomic mass is 15.3. The maximum Gasteiger partial charge on any atom is 0.211 e. The van der Waals surface area contributed by atoms with Crippen LogP contribution in [0, 0.1) is 0 Å². The summed E-state index contributed by atoms with van der Waals surface area (Å²) in [6.45, 7) is 11.6. The number of anilines is 1. The van der Waals surface area contributed by atoms with Crippen LogP contribution in [-0.2, 0) is 10.8 Å². The van der Waals surface area contributed by atoms with E-state index < -0.39 is 0 Å². The number of hydrogen-bond donors (Lipinski definition) is 2. The van der Waals surface area contributed by atoms with Crippen molar-refractivity contribution in [3.05, 3.63) is 28.8 Å². The summed E-state index contributed by atoms with van der Waals surface area (Å²) in [5.74, 6) is -0.0209. The Kier molecular flexibility index (Phi) is 3.62. The highest BCUT2D eigenvalue weighted by molar-refractivity contribution is 5.85. The highest BCUT2D eigenvalue weighted by Crippen LogP contribution is 2.49. The second kappa shape index (κ2) is 5.25. The molecule has 2 aliphatic rings. The van der Waals surface area contributed by atoms with Gasteiger partial charge in [-0.3, -0.25) is 0 Å². The molecule has 5 heteroatoms. The molecule has 1 aromatic rings. The molecule has 0 radical (unpaired) electrons. The molecule has 0 atom stereocenters. The van der Waals surface area contributed by atoms with Gasteiger partial charge in [0.25, 0.3) is 0 Å². The van der Waals surface area contributed by atoms with Crippen molar-refractivity contribution < 1.29 is 0 Å². The summed E-state index contributed by atoms with van der Waals surface area (Å²) in [4.78, 5) is 2.55. The summed E-state index contributed by atoms with van der Waals surface area (Å²) in [6.07, 6.45) is 4.10. The largest absolute Gasteiger partial charge is 0.371 e. The molecule has 0 bridgehead atoms. The number of nitrogens with zero attached hydrogens (tertiary/aromatic N) is 3. The second-order valence-corrected chi connectivity index (χ2v) is 7.99. The Morgan fingerprint density at radius 2 is 1.57 bits per heavy atom. The minimum absolute atomic E-state index is 0.0209. The Morgan fingerprint density at radius 1 is 1.04 bits per heavy atom. The Labute approximate surface area is 138 Å². The molecule has 0 fully saturated rings. The SMILES string of the molecule is CC1(C)CCN2CCC(C)(C)c3cc(C=NN=C(N)N)cc1c32. The zero-order valence-electron chi connectivity index (χ0n) is 14.6. The fourth-order valence-corrected chi connectivity index (χ4v) is 3.70. The molecule has 0 unspecified atom stereocenters. The van der Waals surface area contributed by atoms with E-state index in [4.69, 9.17) is 11.5 Å². The van der Waals surface area contributed by atoms with E-state index in [1.807, 2.05) is 0 Å². The Morgan fingerprint density at radius 3 is 2.04 bits per heavy atom. The molecule has 23 heavy (non-hydrogen) atoms. The fourth-order valence-electron chi connectivity index (χ4n) is 3.70. The summed E-state index contributed by atoms with van der Waals surface area (Å²) < 4.78 is 0. The van der Waals surface area contributed by atoms with Crippen LogP contribution >= 0.6 is 0 Å². The molecule has 0 amide bonds. The van der Waals surface area contributed by atoms with E-state index >= 15 is 0 Å². The van der Waals surface area contributed by atoms with Crippen molar-refractivity contribution in [3.8, 4) is 0 Å². The van der Waals surface area contributed by atoms with Gasteiger partial charge in [-0.05, 0) is 52.5 Å². The van der Waals surface area contributed by atoms with E-state index in [1.165, 1.54) is 29.7 Å². The topological polar surface area (TPSA) is 80.0 Å². The summed E-state index contributed by atoms with van der Waals surface area (Å²) in [6, 6.07) is 4.50. The van der Waals surface area contributed by atoms with E-state index in [2.05, 4.69) is 54.9 Å². The smallest absolute Gasteiger partial charge is 0.211 e. The number of hydrogen-bond acceptors (Lipinski definition) is 3. The van der Waals surface area contributed by atoms with E-state index in [0.717, 1.165) is 18.7 Å². The van der Waals surface area contributed by atoms with Crippen LogP contribution < -0.4 is 16.4 Å². The minimum atomic E-state index is -0.0209. The van der Waals surface area contributed by atoms with Crippen molar-refractivity contribution in [1.29, 1.82) is 0 Å². The monoisotopic (exact) mass is 313 g/mol. The summed E-state index contributed by atoms with van der Waals surface area (Å²) in [5.41, 5.74) is 16.4. The van der Waals surface area contributed by atoms with Crippen molar-refractivity contribution in [1.82, 2.24) is 0 Å². The highest BCUT2D eigenvalue weighted by Gasteiger charge is 2.39. The Bertz CT molecular complexity index is 640. The van der Waals surface area contributed by atoms with Gasteiger partial charge in [-0.2, -0.15) is 5.10 Å². The van der Waals surface area contributed by atoms with Crippen LogP contribution in [0.3, 0.4) is 0 Å². The lowest BCUT2D eigenvalue weighted by Crippen LogP contribution is -2.44. The maximum absolute atomic E-state index is 5.34. The lowest BCUT2D eigenvalue weighted by atomic mass is 9.69. The van der Waals surface area contributed by atoms with Gasteiger partial charge in [0, 0.05) is 18.8 Å². The van der Waals surface area contributed by atoms with Crippen LogP contribution in [0.1, 0.15) is 57.2 Å². The molecule has 2 aliphatic heterocycles. The summed E-state index contributed by atoms with van der Waals surface area (Å²) in [5, 5.41) is 7.72. The average Bonchev–Trinajstić information content (AvgIpc) is 2.45. The molecule has 4 N–H and O–H groups in total. The number of guanidine groups is 1. The van der Waals surface area contributed by atoms with Gasteiger partial charge in [-0.25, -0.2) is 0 Å². The van der Waals surface area contributed by atoms with Crippen molar-refractivity contribution in [2.75, 3.05) is 18.0 Å². The lowest BCUT2D eigenvalue weighted by molar-refractivity contribution is 0.401. The van der Waals surface area contributed by atoms with Crippen LogP contribution in [0.5, 0.6) is 0 Å². The summed E-state index contributed by atoms with van der Waals surface area (Å²) in [7, 11) is 0. The van der Waals surface area contributed by atoms with E-state index in [-0.39, 0.29) is 16.8 Å². The summed E-state index contributed by atoms with van der Waals surface area (Å²) >= 11 is 0. The van der Waals surface area contributed by atoms with E-state index in [9.17, 15) is 0 Å². The molecular formula is C18H27N5. The molecule has 124 valence electrons. The lowest BCUT2D eigenvalue weighted by Gasteiger charge is -2.48. The van der Waals surface area contributed by atoms with E-state index in [1.54, 1.807) is 6.21 Å². The van der Waals surface area contributed by atoms with Crippen LogP contribution in [0.2, 0.25) is 0 Å². The van der Waals surface area contributed by atoms with Crippen molar-refractivity contribution in [3.63, 3.8) is 0 Å². The van der Waals surface area contributed by atoms with Gasteiger partial charge < -0.3 is 16.4 Å². The van der Waals surface area contributed by atoms with Crippen molar-refractivity contribution >= 4 is 17.9 Å². The van der Waals surface area contributed by atoms with E-state index in [0.29, 0.717) is 0 Å². The van der Waals surface area contributed by atoms with Crippen LogP contribution in [0.25, 0.3) is 0 Å². The number of benzene rings is 1. The van der Waals surface area contributed by atoms with Gasteiger partial charge in [0.2, 0.25) is 5.96 Å².